The molecule has 3 aliphatic rings. The smallest absolute Gasteiger partial charge is 0.297 e. The number of rotatable bonds is 6. The Balaban J connectivity index is 1.14. The molecule has 5 amide bonds. The molecule has 9 heteroatoms. The number of benzene rings is 3. The van der Waals surface area contributed by atoms with Gasteiger partial charge in [0.05, 0.1) is 23.7 Å². The van der Waals surface area contributed by atoms with Crippen molar-refractivity contribution in [3.05, 3.63) is 107 Å². The lowest BCUT2D eigenvalue weighted by Crippen LogP contribution is -2.58. The summed E-state index contributed by atoms with van der Waals surface area (Å²) in [5.41, 5.74) is 4.04. The molecule has 2 saturated heterocycles. The van der Waals surface area contributed by atoms with Crippen LogP contribution in [0.4, 0.5) is 4.79 Å². The minimum atomic E-state index is -0.761. The Kier molecular flexibility index (Phi) is 6.68. The number of nitrogens with one attached hydrogen (secondary N) is 1. The molecule has 39 heavy (non-hydrogen) atoms. The summed E-state index contributed by atoms with van der Waals surface area (Å²) in [6.45, 7) is 4.17. The van der Waals surface area contributed by atoms with Crippen LogP contribution in [0.15, 0.2) is 78.9 Å². The number of piperazine rings is 1. The zero-order valence-corrected chi connectivity index (χ0v) is 21.5. The monoisotopic (exact) mass is 523 g/mol. The molecule has 3 heterocycles. The molecule has 0 unspecified atom stereocenters. The highest BCUT2D eigenvalue weighted by Gasteiger charge is 2.43. The Morgan fingerprint density at radius 1 is 0.692 bits per heavy atom. The fourth-order valence-electron chi connectivity index (χ4n) is 5.66. The Morgan fingerprint density at radius 3 is 1.92 bits per heavy atom. The molecule has 0 aliphatic carbocycles. The van der Waals surface area contributed by atoms with E-state index in [1.807, 2.05) is 18.2 Å². The number of hydrazine groups is 1. The first-order valence-electron chi connectivity index (χ1n) is 13.2. The van der Waals surface area contributed by atoms with Crippen LogP contribution in [0, 0.1) is 0 Å². The predicted octanol–water partition coefficient (Wildman–Crippen LogP) is 3.05. The fourth-order valence-corrected chi connectivity index (χ4v) is 5.66. The Bertz CT molecular complexity index is 1380. The van der Waals surface area contributed by atoms with Crippen LogP contribution < -0.4 is 5.32 Å². The Morgan fingerprint density at radius 2 is 1.31 bits per heavy atom. The number of carbonyl (C=O) groups is 4. The van der Waals surface area contributed by atoms with Gasteiger partial charge in [-0.1, -0.05) is 66.7 Å². The van der Waals surface area contributed by atoms with Crippen molar-refractivity contribution in [2.75, 3.05) is 32.7 Å². The number of urea groups is 1. The van der Waals surface area contributed by atoms with E-state index >= 15 is 0 Å². The summed E-state index contributed by atoms with van der Waals surface area (Å²) in [4.78, 5) is 54.7. The van der Waals surface area contributed by atoms with Crippen LogP contribution >= 0.6 is 0 Å². The number of amides is 5. The zero-order chi connectivity index (χ0) is 26.9. The molecule has 3 aliphatic heterocycles. The molecule has 0 aromatic heterocycles. The maximum atomic E-state index is 13.1. The van der Waals surface area contributed by atoms with Crippen LogP contribution in [0.25, 0.3) is 0 Å². The van der Waals surface area contributed by atoms with Gasteiger partial charge in [0.1, 0.15) is 0 Å². The molecule has 198 valence electrons. The quantitative estimate of drug-likeness (QED) is 0.500. The zero-order valence-electron chi connectivity index (χ0n) is 21.5. The SMILES string of the molecule is O=C1CCN(N2C(=O)c3ccc(CN4CCN(C(c5ccccc5)c5ccccc5)CC4)cc3C2=O)C(=O)N1. The number of nitrogens with zero attached hydrogens (tertiary/aromatic N) is 4. The summed E-state index contributed by atoms with van der Waals surface area (Å²) in [6.07, 6.45) is 0.0335. The number of imide groups is 2. The van der Waals surface area contributed by atoms with Crippen LogP contribution in [-0.2, 0) is 11.3 Å². The molecule has 9 nitrogen and oxygen atoms in total. The first kappa shape index (κ1) is 25.0. The lowest BCUT2D eigenvalue weighted by atomic mass is 9.96. The molecule has 3 aromatic carbocycles. The Hall–Kier alpha value is -4.34. The summed E-state index contributed by atoms with van der Waals surface area (Å²) >= 11 is 0. The van der Waals surface area contributed by atoms with Gasteiger partial charge in [0, 0.05) is 39.1 Å². The summed E-state index contributed by atoms with van der Waals surface area (Å²) < 4.78 is 0. The highest BCUT2D eigenvalue weighted by molar-refractivity contribution is 6.22. The van der Waals surface area contributed by atoms with E-state index in [2.05, 4.69) is 63.6 Å². The summed E-state index contributed by atoms with van der Waals surface area (Å²) in [7, 11) is 0. The normalized spacial score (nSPS) is 18.6. The predicted molar refractivity (Wildman–Crippen MR) is 143 cm³/mol. The van der Waals surface area contributed by atoms with E-state index in [1.54, 1.807) is 12.1 Å². The van der Waals surface area contributed by atoms with Gasteiger partial charge < -0.3 is 0 Å². The molecule has 0 atom stereocenters. The molecule has 0 saturated carbocycles. The second-order valence-electron chi connectivity index (χ2n) is 10.1. The van der Waals surface area contributed by atoms with E-state index in [0.29, 0.717) is 6.54 Å². The van der Waals surface area contributed by atoms with Gasteiger partial charge in [0.15, 0.2) is 0 Å². The summed E-state index contributed by atoms with van der Waals surface area (Å²) in [5.74, 6) is -1.51. The second-order valence-corrected chi connectivity index (χ2v) is 10.1. The first-order valence-corrected chi connectivity index (χ1v) is 13.2. The van der Waals surface area contributed by atoms with Crippen molar-refractivity contribution in [2.24, 2.45) is 0 Å². The molecule has 0 bridgehead atoms. The number of hydrogen-bond acceptors (Lipinski definition) is 6. The van der Waals surface area contributed by atoms with Gasteiger partial charge in [0.25, 0.3) is 11.8 Å². The van der Waals surface area contributed by atoms with Crippen molar-refractivity contribution in [3.8, 4) is 0 Å². The third-order valence-corrected chi connectivity index (χ3v) is 7.61. The lowest BCUT2D eigenvalue weighted by molar-refractivity contribution is -0.122. The van der Waals surface area contributed by atoms with Gasteiger partial charge in [-0.05, 0) is 28.8 Å². The van der Waals surface area contributed by atoms with Crippen molar-refractivity contribution in [3.63, 3.8) is 0 Å². The number of hydrogen-bond donors (Lipinski definition) is 1. The maximum absolute atomic E-state index is 13.1. The van der Waals surface area contributed by atoms with E-state index in [-0.39, 0.29) is 30.1 Å². The van der Waals surface area contributed by atoms with Crippen molar-refractivity contribution in [1.82, 2.24) is 25.1 Å². The minimum absolute atomic E-state index is 0.0137. The van der Waals surface area contributed by atoms with Gasteiger partial charge >= 0.3 is 6.03 Å². The topological polar surface area (TPSA) is 93.3 Å². The van der Waals surface area contributed by atoms with E-state index in [1.165, 1.54) is 11.1 Å². The standard InChI is InChI=1S/C30H29N5O4/c36-26-13-14-34(30(39)31-26)35-28(37)24-12-11-21(19-25(24)29(35)38)20-32-15-17-33(18-16-32)27(22-7-3-1-4-8-22)23-9-5-2-6-10-23/h1-12,19,27H,13-18,20H2,(H,31,36,39). The van der Waals surface area contributed by atoms with Gasteiger partial charge in [-0.25, -0.2) is 9.80 Å². The van der Waals surface area contributed by atoms with Crippen LogP contribution in [0.2, 0.25) is 0 Å². The molecule has 0 spiro atoms. The van der Waals surface area contributed by atoms with Crippen LogP contribution in [0.5, 0.6) is 0 Å². The summed E-state index contributed by atoms with van der Waals surface area (Å²) in [6, 6.07) is 25.9. The van der Waals surface area contributed by atoms with Gasteiger partial charge in [-0.2, -0.15) is 5.01 Å². The van der Waals surface area contributed by atoms with Crippen molar-refractivity contribution < 1.29 is 19.2 Å². The average Bonchev–Trinajstić information content (AvgIpc) is 3.20. The minimum Gasteiger partial charge on any atom is -0.297 e. The van der Waals surface area contributed by atoms with Gasteiger partial charge in [-0.15, -0.1) is 0 Å². The highest BCUT2D eigenvalue weighted by atomic mass is 16.2. The molecular weight excluding hydrogens is 494 g/mol. The average molecular weight is 524 g/mol. The third kappa shape index (κ3) is 4.82. The number of fused-ring (bicyclic) bond motifs is 1. The first-order chi connectivity index (χ1) is 19.0. The molecule has 1 N–H and O–H groups in total. The van der Waals surface area contributed by atoms with Crippen molar-refractivity contribution in [1.29, 1.82) is 0 Å². The van der Waals surface area contributed by atoms with Gasteiger partial charge in [0.2, 0.25) is 5.91 Å². The third-order valence-electron chi connectivity index (χ3n) is 7.61. The van der Waals surface area contributed by atoms with Crippen LogP contribution in [0.3, 0.4) is 0 Å². The highest BCUT2D eigenvalue weighted by Crippen LogP contribution is 2.30. The molecule has 3 aromatic rings. The Labute approximate surface area is 226 Å². The largest absolute Gasteiger partial charge is 0.343 e. The van der Waals surface area contributed by atoms with Crippen molar-refractivity contribution in [2.45, 2.75) is 19.0 Å². The molecular formula is C30H29N5O4. The lowest BCUT2D eigenvalue weighted by Gasteiger charge is -2.40. The van der Waals surface area contributed by atoms with E-state index in [4.69, 9.17) is 0 Å². The van der Waals surface area contributed by atoms with E-state index in [9.17, 15) is 19.2 Å². The van der Waals surface area contributed by atoms with E-state index < -0.39 is 23.8 Å². The van der Waals surface area contributed by atoms with E-state index in [0.717, 1.165) is 41.8 Å². The summed E-state index contributed by atoms with van der Waals surface area (Å²) in [5, 5.41) is 4.03. The fraction of sp³-hybridized carbons (Fsp3) is 0.267. The molecule has 0 radical (unpaired) electrons. The second kappa shape index (κ2) is 10.4. The maximum Gasteiger partial charge on any atom is 0.343 e. The van der Waals surface area contributed by atoms with Crippen LogP contribution in [0.1, 0.15) is 49.9 Å². The number of carbonyl (C=O) groups excluding carboxylic acids is 4. The molecule has 2 fully saturated rings. The van der Waals surface area contributed by atoms with Crippen molar-refractivity contribution >= 4 is 23.8 Å². The van der Waals surface area contributed by atoms with Crippen LogP contribution in [-0.4, -0.2) is 76.3 Å². The van der Waals surface area contributed by atoms with Gasteiger partial charge in [-0.3, -0.25) is 29.5 Å². The molecule has 6 rings (SSSR count).